The van der Waals surface area contributed by atoms with E-state index >= 15 is 0 Å². The lowest BCUT2D eigenvalue weighted by atomic mass is 9.82. The summed E-state index contributed by atoms with van der Waals surface area (Å²) in [4.78, 5) is 0. The summed E-state index contributed by atoms with van der Waals surface area (Å²) in [5, 5.41) is 11.7. The van der Waals surface area contributed by atoms with Gasteiger partial charge in [0.25, 0.3) is 0 Å². The minimum Gasteiger partial charge on any atom is -0.507 e. The molecule has 2 aliphatic carbocycles. The Bertz CT molecular complexity index is 1500. The Morgan fingerprint density at radius 3 is 1.74 bits per heavy atom. The van der Waals surface area contributed by atoms with Gasteiger partial charge in [0.05, 0.1) is 7.11 Å². The Balaban J connectivity index is 2.23. The number of phenolic OH excluding ortho intramolecular Hbond substituents is 1. The molecule has 2 aromatic rings. The first-order valence-corrected chi connectivity index (χ1v) is 13.6. The third-order valence-corrected chi connectivity index (χ3v) is 7.22. The molecule has 2 aliphatic rings. The van der Waals surface area contributed by atoms with Crippen LogP contribution in [-0.2, 0) is 10.8 Å². The first-order valence-electron chi connectivity index (χ1n) is 13.6. The normalized spacial score (nSPS) is 12.0. The number of aromatic hydroxyl groups is 1. The van der Waals surface area contributed by atoms with Crippen LogP contribution < -0.4 is 9.47 Å². The van der Waals surface area contributed by atoms with E-state index in [2.05, 4.69) is 104 Å². The van der Waals surface area contributed by atoms with Gasteiger partial charge < -0.3 is 14.6 Å². The van der Waals surface area contributed by atoms with Crippen molar-refractivity contribution in [1.29, 1.82) is 0 Å². The van der Waals surface area contributed by atoms with Crippen molar-refractivity contribution in [1.82, 2.24) is 0 Å². The van der Waals surface area contributed by atoms with Crippen LogP contribution in [0.1, 0.15) is 63.8 Å². The van der Waals surface area contributed by atoms with Crippen LogP contribution in [0, 0.1) is 13.8 Å². The zero-order chi connectivity index (χ0) is 28.7. The number of hydrogen-bond donors (Lipinski definition) is 1. The first kappa shape index (κ1) is 28.3. The minimum atomic E-state index is -0.232. The second kappa shape index (κ2) is 10.4. The maximum absolute atomic E-state index is 11.7. The molecule has 3 nitrogen and oxygen atoms in total. The summed E-state index contributed by atoms with van der Waals surface area (Å²) in [7, 11) is 1.74. The van der Waals surface area contributed by atoms with Gasteiger partial charge in [-0.25, -0.2) is 0 Å². The molecule has 1 N–H and O–H groups in total. The lowest BCUT2D eigenvalue weighted by Gasteiger charge is -2.25. The molecule has 0 aliphatic heterocycles. The molecule has 0 radical (unpaired) electrons. The van der Waals surface area contributed by atoms with E-state index in [4.69, 9.17) is 9.47 Å². The fourth-order valence-electron chi connectivity index (χ4n) is 5.45. The molecule has 0 unspecified atom stereocenters. The van der Waals surface area contributed by atoms with Crippen molar-refractivity contribution in [2.24, 2.45) is 0 Å². The number of benzene rings is 2. The Morgan fingerprint density at radius 1 is 0.718 bits per heavy atom. The molecular weight excluding hydrogens is 480 g/mol. The zero-order valence-corrected chi connectivity index (χ0v) is 25.0. The number of phenols is 1. The quantitative estimate of drug-likeness (QED) is 0.256. The summed E-state index contributed by atoms with van der Waals surface area (Å²) in [6, 6.07) is 18.9. The number of fused-ring (bicyclic) bond motifs is 1. The molecule has 0 heterocycles. The summed E-state index contributed by atoms with van der Waals surface area (Å²) < 4.78 is 12.7. The zero-order valence-electron chi connectivity index (χ0n) is 25.0. The van der Waals surface area contributed by atoms with Gasteiger partial charge in [-0.1, -0.05) is 96.7 Å². The standard InChI is InChI=1S/C36H42O3/c1-11-17-39-34-30(26-18-22(2)20-28(32(26)37)35(4,5)6)24-15-13-12-14-16-25(24)31(34)27-19-23(3)21-29(33(27)38-10)36(7,8)9/h11-16,18-21,37H,1,17H2,2-10H3. The third kappa shape index (κ3) is 5.28. The van der Waals surface area contributed by atoms with Crippen molar-refractivity contribution in [2.75, 3.05) is 13.7 Å². The monoisotopic (exact) mass is 522 g/mol. The SMILES string of the molecule is C=CCOc1c(-c2cc(C)cc(C(C)(C)C)c2O)c2cccccc-2c1-c1cc(C)cc(C(C)(C)C)c1OC. The van der Waals surface area contributed by atoms with Crippen molar-refractivity contribution in [3.8, 4) is 50.6 Å². The van der Waals surface area contributed by atoms with E-state index in [1.165, 1.54) is 0 Å². The van der Waals surface area contributed by atoms with Gasteiger partial charge in [0.15, 0.2) is 0 Å². The van der Waals surface area contributed by atoms with Gasteiger partial charge in [-0.2, -0.15) is 0 Å². The van der Waals surface area contributed by atoms with Crippen molar-refractivity contribution < 1.29 is 14.6 Å². The molecule has 0 spiro atoms. The maximum atomic E-state index is 11.7. The van der Waals surface area contributed by atoms with E-state index in [1.54, 1.807) is 13.2 Å². The molecule has 4 rings (SSSR count). The topological polar surface area (TPSA) is 38.7 Å². The van der Waals surface area contributed by atoms with E-state index < -0.39 is 0 Å². The summed E-state index contributed by atoms with van der Waals surface area (Å²) >= 11 is 0. The Morgan fingerprint density at radius 2 is 1.23 bits per heavy atom. The largest absolute Gasteiger partial charge is 0.507 e. The average Bonchev–Trinajstić information content (AvgIpc) is 2.96. The second-order valence-corrected chi connectivity index (χ2v) is 12.5. The predicted octanol–water partition coefficient (Wildman–Crippen LogP) is 9.62. The molecule has 0 bridgehead atoms. The van der Waals surface area contributed by atoms with Gasteiger partial charge in [0.2, 0.25) is 0 Å². The molecule has 0 fully saturated rings. The number of ether oxygens (including phenoxy) is 2. The summed E-state index contributed by atoms with van der Waals surface area (Å²) in [5.74, 6) is 1.85. The summed E-state index contributed by atoms with van der Waals surface area (Å²) in [6.45, 7) is 21.4. The highest BCUT2D eigenvalue weighted by atomic mass is 16.5. The molecule has 0 saturated carbocycles. The smallest absolute Gasteiger partial charge is 0.136 e. The number of rotatable bonds is 6. The molecule has 2 aromatic carbocycles. The maximum Gasteiger partial charge on any atom is 0.136 e. The van der Waals surface area contributed by atoms with E-state index in [0.717, 1.165) is 67.1 Å². The lowest BCUT2D eigenvalue weighted by Crippen LogP contribution is -2.14. The van der Waals surface area contributed by atoms with Gasteiger partial charge >= 0.3 is 0 Å². The van der Waals surface area contributed by atoms with Crippen LogP contribution in [0.15, 0.2) is 67.3 Å². The van der Waals surface area contributed by atoms with Gasteiger partial charge in [-0.05, 0) is 59.1 Å². The van der Waals surface area contributed by atoms with Crippen molar-refractivity contribution in [2.45, 2.75) is 66.2 Å². The Labute approximate surface area is 234 Å². The first-order chi connectivity index (χ1) is 18.3. The van der Waals surface area contributed by atoms with Gasteiger partial charge in [-0.3, -0.25) is 0 Å². The molecule has 0 amide bonds. The van der Waals surface area contributed by atoms with Gasteiger partial charge in [0.1, 0.15) is 23.9 Å². The molecule has 204 valence electrons. The van der Waals surface area contributed by atoms with E-state index in [9.17, 15) is 5.11 Å². The third-order valence-electron chi connectivity index (χ3n) is 7.22. The van der Waals surface area contributed by atoms with Crippen LogP contribution in [0.2, 0.25) is 0 Å². The highest BCUT2D eigenvalue weighted by Crippen LogP contribution is 2.57. The number of hydrogen-bond acceptors (Lipinski definition) is 3. The summed E-state index contributed by atoms with van der Waals surface area (Å²) in [5.41, 5.74) is 9.56. The molecular formula is C36H42O3. The van der Waals surface area contributed by atoms with Crippen LogP contribution in [0.5, 0.6) is 17.2 Å². The minimum absolute atomic E-state index is 0.124. The van der Waals surface area contributed by atoms with Gasteiger partial charge in [-0.15, -0.1) is 0 Å². The Kier molecular flexibility index (Phi) is 7.58. The Hall–Kier alpha value is -3.72. The van der Waals surface area contributed by atoms with E-state index in [1.807, 2.05) is 12.1 Å². The van der Waals surface area contributed by atoms with Crippen LogP contribution >= 0.6 is 0 Å². The number of aryl methyl sites for hydroxylation is 2. The fraction of sp³-hybridized carbons (Fsp3) is 0.333. The predicted molar refractivity (Wildman–Crippen MR) is 165 cm³/mol. The lowest BCUT2D eigenvalue weighted by molar-refractivity contribution is 0.366. The van der Waals surface area contributed by atoms with E-state index in [-0.39, 0.29) is 16.6 Å². The van der Waals surface area contributed by atoms with Crippen LogP contribution in [-0.4, -0.2) is 18.8 Å². The molecule has 0 aromatic heterocycles. The second-order valence-electron chi connectivity index (χ2n) is 12.5. The van der Waals surface area contributed by atoms with Gasteiger partial charge in [0, 0.05) is 33.4 Å². The van der Waals surface area contributed by atoms with Crippen molar-refractivity contribution in [3.63, 3.8) is 0 Å². The van der Waals surface area contributed by atoms with Crippen LogP contribution in [0.25, 0.3) is 33.4 Å². The highest BCUT2D eigenvalue weighted by molar-refractivity contribution is 6.06. The molecule has 39 heavy (non-hydrogen) atoms. The van der Waals surface area contributed by atoms with E-state index in [0.29, 0.717) is 6.61 Å². The summed E-state index contributed by atoms with van der Waals surface area (Å²) in [6.07, 6.45) is 1.76. The average molecular weight is 523 g/mol. The molecule has 0 saturated heterocycles. The fourth-order valence-corrected chi connectivity index (χ4v) is 5.45. The van der Waals surface area contributed by atoms with Crippen LogP contribution in [0.4, 0.5) is 0 Å². The molecule has 0 atom stereocenters. The van der Waals surface area contributed by atoms with Crippen molar-refractivity contribution >= 4 is 0 Å². The molecule has 3 heteroatoms. The van der Waals surface area contributed by atoms with Crippen molar-refractivity contribution in [3.05, 3.63) is 89.5 Å². The van der Waals surface area contributed by atoms with Crippen LogP contribution in [0.3, 0.4) is 0 Å². The highest BCUT2D eigenvalue weighted by Gasteiger charge is 2.32. The number of methoxy groups -OCH3 is 1.